The van der Waals surface area contributed by atoms with Crippen molar-refractivity contribution in [3.63, 3.8) is 0 Å². The van der Waals surface area contributed by atoms with Crippen molar-refractivity contribution in [1.29, 1.82) is 0 Å². The van der Waals surface area contributed by atoms with Crippen LogP contribution < -0.4 is 15.6 Å². The van der Waals surface area contributed by atoms with Crippen molar-refractivity contribution in [3.05, 3.63) is 64.4 Å². The minimum atomic E-state index is -0.454. The third kappa shape index (κ3) is 5.77. The quantitative estimate of drug-likeness (QED) is 0.399. The highest BCUT2D eigenvalue weighted by molar-refractivity contribution is 7.71. The van der Waals surface area contributed by atoms with E-state index in [4.69, 9.17) is 17.0 Å². The normalized spacial score (nSPS) is 10.5. The predicted octanol–water partition coefficient (Wildman–Crippen LogP) is 2.84. The molecule has 0 aliphatic rings. The number of amides is 2. The molecule has 0 saturated heterocycles. The lowest BCUT2D eigenvalue weighted by atomic mass is 10.1. The Bertz CT molecular complexity index is 1090. The summed E-state index contributed by atoms with van der Waals surface area (Å²) < 4.78 is 7.57. The van der Waals surface area contributed by atoms with E-state index >= 15 is 0 Å². The van der Waals surface area contributed by atoms with Gasteiger partial charge >= 0.3 is 0 Å². The number of nitrogens with one attached hydrogen (secondary N) is 3. The highest BCUT2D eigenvalue weighted by Crippen LogP contribution is 2.18. The second-order valence-corrected chi connectivity index (χ2v) is 7.21. The molecule has 0 aliphatic carbocycles. The zero-order chi connectivity index (χ0) is 21.5. The third-order valence-corrected chi connectivity index (χ3v) is 4.64. The molecule has 0 unspecified atom stereocenters. The Hall–Kier alpha value is -3.46. The van der Waals surface area contributed by atoms with Crippen LogP contribution >= 0.6 is 12.2 Å². The van der Waals surface area contributed by atoms with E-state index in [-0.39, 0.29) is 18.9 Å². The van der Waals surface area contributed by atoms with Gasteiger partial charge in [0.25, 0.3) is 5.91 Å². The van der Waals surface area contributed by atoms with Crippen LogP contribution in [0.2, 0.25) is 0 Å². The lowest BCUT2D eigenvalue weighted by Gasteiger charge is -2.10. The third-order valence-electron chi connectivity index (χ3n) is 4.33. The van der Waals surface area contributed by atoms with Gasteiger partial charge in [0.05, 0.1) is 0 Å². The van der Waals surface area contributed by atoms with Crippen LogP contribution in [-0.4, -0.2) is 33.2 Å². The molecular formula is C21H23N5O3S. The smallest absolute Gasteiger partial charge is 0.276 e. The second kappa shape index (κ2) is 9.84. The molecular weight excluding hydrogens is 402 g/mol. The first kappa shape index (κ1) is 21.3. The summed E-state index contributed by atoms with van der Waals surface area (Å²) in [5, 5.41) is 7.01. The summed E-state index contributed by atoms with van der Waals surface area (Å²) in [6.07, 6.45) is 0.117. The molecule has 0 fully saturated rings. The van der Waals surface area contributed by atoms with Gasteiger partial charge in [-0.05, 0) is 43.8 Å². The van der Waals surface area contributed by atoms with E-state index in [1.165, 1.54) is 0 Å². The van der Waals surface area contributed by atoms with Crippen LogP contribution in [-0.2, 0) is 16.1 Å². The van der Waals surface area contributed by atoms with E-state index < -0.39 is 5.91 Å². The Morgan fingerprint density at radius 1 is 1.07 bits per heavy atom. The number of nitrogens with zero attached hydrogens (tertiary/aromatic N) is 2. The number of benzene rings is 2. The summed E-state index contributed by atoms with van der Waals surface area (Å²) in [5.74, 6) is 0.444. The van der Waals surface area contributed by atoms with Gasteiger partial charge in [-0.3, -0.25) is 30.1 Å². The van der Waals surface area contributed by atoms with Crippen LogP contribution in [0, 0.1) is 18.6 Å². The van der Waals surface area contributed by atoms with Gasteiger partial charge in [-0.2, -0.15) is 5.10 Å². The molecule has 2 aromatic carbocycles. The fourth-order valence-electron chi connectivity index (χ4n) is 2.75. The van der Waals surface area contributed by atoms with Gasteiger partial charge in [-0.15, -0.1) is 0 Å². The summed E-state index contributed by atoms with van der Waals surface area (Å²) in [4.78, 5) is 24.0. The molecule has 1 heterocycles. The molecule has 8 nitrogen and oxygen atoms in total. The van der Waals surface area contributed by atoms with Crippen LogP contribution in [0.15, 0.2) is 48.5 Å². The first-order chi connectivity index (χ1) is 14.4. The Balaban J connectivity index is 1.48. The first-order valence-electron chi connectivity index (χ1n) is 9.42. The Labute approximate surface area is 179 Å². The largest absolute Gasteiger partial charge is 0.484 e. The summed E-state index contributed by atoms with van der Waals surface area (Å²) in [6.45, 7) is 4.06. The average Bonchev–Trinajstić information content (AvgIpc) is 3.10. The lowest BCUT2D eigenvalue weighted by Crippen LogP contribution is -2.44. The molecule has 3 aromatic rings. The molecule has 3 rings (SSSR count). The lowest BCUT2D eigenvalue weighted by molar-refractivity contribution is -0.130. The number of aromatic nitrogens is 3. The van der Waals surface area contributed by atoms with E-state index in [2.05, 4.69) is 21.0 Å². The van der Waals surface area contributed by atoms with Crippen molar-refractivity contribution in [1.82, 2.24) is 25.6 Å². The molecule has 3 N–H and O–H groups in total. The van der Waals surface area contributed by atoms with Gasteiger partial charge in [0, 0.05) is 18.5 Å². The monoisotopic (exact) mass is 425 g/mol. The van der Waals surface area contributed by atoms with E-state index in [1.807, 2.05) is 56.3 Å². The number of aryl methyl sites for hydroxylation is 2. The molecule has 0 saturated carbocycles. The van der Waals surface area contributed by atoms with E-state index in [1.54, 1.807) is 10.6 Å². The molecule has 0 bridgehead atoms. The minimum Gasteiger partial charge on any atom is -0.484 e. The predicted molar refractivity (Wildman–Crippen MR) is 115 cm³/mol. The van der Waals surface area contributed by atoms with Crippen molar-refractivity contribution in [2.45, 2.75) is 26.8 Å². The van der Waals surface area contributed by atoms with Gasteiger partial charge in [0.15, 0.2) is 17.2 Å². The summed E-state index contributed by atoms with van der Waals surface area (Å²) in [5.41, 5.74) is 7.79. The number of carbonyl (C=O) groups excluding carboxylic acids is 2. The maximum Gasteiger partial charge on any atom is 0.276 e. The molecule has 0 atom stereocenters. The number of H-pyrrole nitrogens is 1. The van der Waals surface area contributed by atoms with Crippen LogP contribution in [0.4, 0.5) is 0 Å². The number of hydrogen-bond donors (Lipinski definition) is 3. The molecule has 1 aromatic heterocycles. The van der Waals surface area contributed by atoms with E-state index in [0.717, 1.165) is 16.7 Å². The first-order valence-corrected chi connectivity index (χ1v) is 9.82. The van der Waals surface area contributed by atoms with Crippen molar-refractivity contribution in [2.75, 3.05) is 6.61 Å². The fraction of sp³-hybridized carbons (Fsp3) is 0.238. The Morgan fingerprint density at radius 3 is 2.53 bits per heavy atom. The summed E-state index contributed by atoms with van der Waals surface area (Å²) in [6, 6.07) is 15.2. The van der Waals surface area contributed by atoms with Crippen molar-refractivity contribution in [2.24, 2.45) is 0 Å². The summed E-state index contributed by atoms with van der Waals surface area (Å²) in [7, 11) is 0. The van der Waals surface area contributed by atoms with Crippen molar-refractivity contribution < 1.29 is 14.3 Å². The summed E-state index contributed by atoms with van der Waals surface area (Å²) >= 11 is 5.27. The molecule has 0 radical (unpaired) electrons. The molecule has 0 spiro atoms. The number of aromatic amines is 1. The van der Waals surface area contributed by atoms with Gasteiger partial charge in [-0.25, -0.2) is 0 Å². The molecule has 30 heavy (non-hydrogen) atoms. The molecule has 9 heteroatoms. The number of rotatable bonds is 7. The van der Waals surface area contributed by atoms with Crippen LogP contribution in [0.25, 0.3) is 11.4 Å². The van der Waals surface area contributed by atoms with Crippen molar-refractivity contribution >= 4 is 24.0 Å². The zero-order valence-electron chi connectivity index (χ0n) is 16.8. The zero-order valence-corrected chi connectivity index (χ0v) is 17.6. The van der Waals surface area contributed by atoms with Gasteiger partial charge < -0.3 is 4.74 Å². The number of hydrogen-bond acceptors (Lipinski definition) is 5. The maximum absolute atomic E-state index is 12.1. The molecule has 2 amide bonds. The van der Waals surface area contributed by atoms with Crippen LogP contribution in [0.3, 0.4) is 0 Å². The van der Waals surface area contributed by atoms with E-state index in [0.29, 0.717) is 22.9 Å². The standard InChI is InChI=1S/C21H23N5O3S/c1-14-6-8-16(9-7-14)20-24-25-21(30)26(20)11-10-18(27)22-23-19(28)13-29-17-5-3-4-15(2)12-17/h3-9,12H,10-11,13H2,1-2H3,(H,22,27)(H,23,28)(H,25,30). The highest BCUT2D eigenvalue weighted by Gasteiger charge is 2.11. The van der Waals surface area contributed by atoms with Gasteiger partial charge in [-0.1, -0.05) is 42.0 Å². The Morgan fingerprint density at radius 2 is 1.80 bits per heavy atom. The fourth-order valence-corrected chi connectivity index (χ4v) is 2.98. The topological polar surface area (TPSA) is 101 Å². The molecule has 156 valence electrons. The number of hydrazine groups is 1. The Kier molecular flexibility index (Phi) is 6.97. The number of ether oxygens (including phenoxy) is 1. The van der Waals surface area contributed by atoms with Crippen LogP contribution in [0.1, 0.15) is 17.5 Å². The SMILES string of the molecule is Cc1ccc(-c2n[nH]c(=S)n2CCC(=O)NNC(=O)COc2cccc(C)c2)cc1. The van der Waals surface area contributed by atoms with E-state index in [9.17, 15) is 9.59 Å². The average molecular weight is 426 g/mol. The maximum atomic E-state index is 12.1. The minimum absolute atomic E-state index is 0.117. The van der Waals surface area contributed by atoms with Gasteiger partial charge in [0.2, 0.25) is 5.91 Å². The van der Waals surface area contributed by atoms with Crippen molar-refractivity contribution in [3.8, 4) is 17.1 Å². The molecule has 0 aliphatic heterocycles. The van der Waals surface area contributed by atoms with Gasteiger partial charge in [0.1, 0.15) is 5.75 Å². The second-order valence-electron chi connectivity index (χ2n) is 6.82. The van der Waals surface area contributed by atoms with Crippen LogP contribution in [0.5, 0.6) is 5.75 Å². The highest BCUT2D eigenvalue weighted by atomic mass is 32.1. The number of carbonyl (C=O) groups is 2.